The Morgan fingerprint density at radius 3 is 1.56 bits per heavy atom. The molecule has 25 nitrogen and oxygen atoms in total. The van der Waals surface area contributed by atoms with Crippen LogP contribution in [0.4, 0.5) is 0 Å². The number of phenolic OH excluding ortho intramolecular Hbond substituents is 1. The van der Waals surface area contributed by atoms with Crippen molar-refractivity contribution < 1.29 is 73.2 Å². The molecule has 0 aliphatic rings. The fourth-order valence-corrected chi connectivity index (χ4v) is 8.65. The van der Waals surface area contributed by atoms with E-state index in [4.69, 9.17) is 22.3 Å². The van der Waals surface area contributed by atoms with Crippen molar-refractivity contribution in [3.8, 4) is 5.75 Å². The highest BCUT2D eigenvalue weighted by molar-refractivity contribution is 14.1. The number of hydrogen-bond donors (Lipinski definition) is 14. The lowest BCUT2D eigenvalue weighted by Crippen LogP contribution is -2.59. The van der Waals surface area contributed by atoms with Crippen LogP contribution in [0.5, 0.6) is 5.75 Å². The molecule has 1 aromatic carbocycles. The Kier molecular flexibility index (Phi) is 27.3. The van der Waals surface area contributed by atoms with Crippen LogP contribution in [-0.2, 0) is 59.2 Å². The van der Waals surface area contributed by atoms with Gasteiger partial charge in [-0.05, 0) is 107 Å². The van der Waals surface area contributed by atoms with Gasteiger partial charge in [0, 0.05) is 19.3 Å². The van der Waals surface area contributed by atoms with Gasteiger partial charge in [0.2, 0.25) is 53.2 Å². The molecule has 398 valence electrons. The Balaban J connectivity index is 3.16. The van der Waals surface area contributed by atoms with E-state index in [1.165, 1.54) is 6.92 Å². The van der Waals surface area contributed by atoms with Gasteiger partial charge in [-0.1, -0.05) is 41.5 Å². The number of aromatic hydroxyl groups is 1. The first-order valence-electron chi connectivity index (χ1n) is 22.6. The molecule has 0 heterocycles. The monoisotopic (exact) mass is 1230 g/mol. The normalized spacial score (nSPS) is 15.1. The standard InChI is InChI=1S/C44H68I2N10O15/c1-18(2)12-27(52-42(69)29(16-31(48)58)54-44(71)36(20(5)6)56-40(67)25(47)8-10-33(60)61)30(57)17-32(59)55-35(19(3)4)43(70)50-21(7)39(66)51-26(9-11-34(62)63)41(68)53-28(38(49)65)15-22-13-23(45)37(64)24(46)14-22/h13-14,18-21,25-30,35-36,57,64H,8-12,15-17,47H2,1-7H3,(H2,48,58)(H2,49,65)(H,50,70)(H,51,66)(H,52,69)(H,53,68)(H,54,71)(H,55,59)(H,56,67)(H,60,61)(H,62,63)/t21-,25-,26-,27-,28-,29-,30-,35-,36-/m0/s1. The first kappa shape index (κ1) is 63.6. The van der Waals surface area contributed by atoms with Crippen LogP contribution in [0.15, 0.2) is 12.1 Å². The molecule has 0 bridgehead atoms. The quantitative estimate of drug-likeness (QED) is 0.0361. The summed E-state index contributed by atoms with van der Waals surface area (Å²) in [5.74, 6) is -12.1. The van der Waals surface area contributed by atoms with E-state index in [-0.39, 0.29) is 30.9 Å². The minimum absolute atomic E-state index is 0.0203. The minimum Gasteiger partial charge on any atom is -0.506 e. The first-order chi connectivity index (χ1) is 32.8. The molecule has 0 aromatic heterocycles. The van der Waals surface area contributed by atoms with Crippen molar-refractivity contribution in [2.24, 2.45) is 35.0 Å². The fraction of sp³-hybridized carbons (Fsp3) is 0.614. The van der Waals surface area contributed by atoms with E-state index in [1.54, 1.807) is 53.7 Å². The highest BCUT2D eigenvalue weighted by Crippen LogP contribution is 2.28. The molecule has 17 N–H and O–H groups in total. The number of aliphatic hydroxyl groups is 1. The molecule has 0 aliphatic heterocycles. The third-order valence-corrected chi connectivity index (χ3v) is 12.3. The Hall–Kier alpha value is -5.43. The average molecular weight is 1230 g/mol. The number of carbonyl (C=O) groups is 11. The van der Waals surface area contributed by atoms with E-state index >= 15 is 0 Å². The van der Waals surface area contributed by atoms with Gasteiger partial charge in [-0.25, -0.2) is 0 Å². The number of carboxylic acids is 2. The number of nitrogens with two attached hydrogens (primary N) is 3. The van der Waals surface area contributed by atoms with Crippen molar-refractivity contribution in [3.63, 3.8) is 0 Å². The van der Waals surface area contributed by atoms with Crippen LogP contribution in [-0.4, -0.2) is 140 Å². The number of aliphatic carboxylic acids is 2. The summed E-state index contributed by atoms with van der Waals surface area (Å²) in [7, 11) is 0. The van der Waals surface area contributed by atoms with Crippen molar-refractivity contribution in [3.05, 3.63) is 24.8 Å². The number of halogens is 2. The van der Waals surface area contributed by atoms with Gasteiger partial charge in [0.05, 0.1) is 38.2 Å². The molecule has 0 radical (unpaired) electrons. The third kappa shape index (κ3) is 23.1. The molecule has 0 saturated carbocycles. The van der Waals surface area contributed by atoms with Crippen LogP contribution < -0.4 is 54.4 Å². The predicted molar refractivity (Wildman–Crippen MR) is 271 cm³/mol. The Morgan fingerprint density at radius 1 is 0.592 bits per heavy atom. The molecule has 9 atom stereocenters. The molecule has 1 rings (SSSR count). The second kappa shape index (κ2) is 30.5. The molecule has 0 spiro atoms. The Bertz CT molecular complexity index is 2090. The van der Waals surface area contributed by atoms with E-state index in [0.29, 0.717) is 12.7 Å². The summed E-state index contributed by atoms with van der Waals surface area (Å²) in [4.78, 5) is 140. The van der Waals surface area contributed by atoms with E-state index in [9.17, 15) is 68.1 Å². The number of nitrogens with one attached hydrogen (secondary N) is 7. The highest BCUT2D eigenvalue weighted by Gasteiger charge is 2.35. The number of benzene rings is 1. The molecule has 71 heavy (non-hydrogen) atoms. The van der Waals surface area contributed by atoms with Crippen molar-refractivity contribution in [2.45, 2.75) is 154 Å². The van der Waals surface area contributed by atoms with Crippen molar-refractivity contribution in [1.29, 1.82) is 0 Å². The lowest BCUT2D eigenvalue weighted by molar-refractivity contribution is -0.139. The molecule has 0 aliphatic carbocycles. The van der Waals surface area contributed by atoms with Gasteiger partial charge >= 0.3 is 11.9 Å². The molecule has 0 fully saturated rings. The van der Waals surface area contributed by atoms with Gasteiger partial charge in [-0.15, -0.1) is 0 Å². The largest absolute Gasteiger partial charge is 0.506 e. The summed E-state index contributed by atoms with van der Waals surface area (Å²) in [6, 6.07) is -7.73. The Morgan fingerprint density at radius 2 is 1.07 bits per heavy atom. The number of phenols is 1. The number of primary amides is 2. The molecule has 1 aromatic rings. The van der Waals surface area contributed by atoms with Crippen LogP contribution in [0.2, 0.25) is 0 Å². The molecule has 0 saturated heterocycles. The summed E-state index contributed by atoms with van der Waals surface area (Å²) < 4.78 is 0.940. The molecule has 27 heteroatoms. The molecular formula is C44H68I2N10O15. The number of carbonyl (C=O) groups excluding carboxylic acids is 9. The predicted octanol–water partition coefficient (Wildman–Crippen LogP) is -1.92. The maximum atomic E-state index is 13.7. The van der Waals surface area contributed by atoms with Crippen molar-refractivity contribution >= 4 is 110 Å². The number of carboxylic acid groups (broad SMARTS) is 2. The van der Waals surface area contributed by atoms with E-state index in [2.05, 4.69) is 37.2 Å². The first-order valence-corrected chi connectivity index (χ1v) is 24.7. The van der Waals surface area contributed by atoms with Gasteiger partial charge in [0.15, 0.2) is 0 Å². The van der Waals surface area contributed by atoms with Crippen LogP contribution in [0, 0.1) is 24.9 Å². The smallest absolute Gasteiger partial charge is 0.303 e. The zero-order valence-corrected chi connectivity index (χ0v) is 44.8. The SMILES string of the molecule is CC(C)C[C@H](NC(=O)[C@H](CC(N)=O)NC(=O)[C@@H](NC(=O)[C@@H](N)CCC(=O)O)C(C)C)[C@@H](O)CC(=O)N[C@H](C(=O)N[C@@H](C)C(=O)N[C@@H](CCC(=O)O)C(=O)N[C@@H](Cc1cc(I)c(O)c(I)c1)C(N)=O)C(C)C. The van der Waals surface area contributed by atoms with Gasteiger partial charge < -0.3 is 74.8 Å². The topological polar surface area (TPSA) is 431 Å². The third-order valence-electron chi connectivity index (χ3n) is 10.7. The minimum atomic E-state index is -1.62. The Labute approximate surface area is 438 Å². The number of amides is 9. The van der Waals surface area contributed by atoms with Crippen LogP contribution in [0.1, 0.15) is 99.0 Å². The summed E-state index contributed by atoms with van der Waals surface area (Å²) >= 11 is 3.77. The van der Waals surface area contributed by atoms with Crippen LogP contribution >= 0.6 is 45.2 Å². The van der Waals surface area contributed by atoms with E-state index in [0.717, 1.165) is 0 Å². The zero-order chi connectivity index (χ0) is 54.6. The number of hydrogen-bond acceptors (Lipinski definition) is 14. The fourth-order valence-electron chi connectivity index (χ4n) is 6.75. The van der Waals surface area contributed by atoms with Gasteiger partial charge in [-0.3, -0.25) is 52.7 Å². The number of rotatable bonds is 31. The van der Waals surface area contributed by atoms with Gasteiger partial charge in [-0.2, -0.15) is 0 Å². The van der Waals surface area contributed by atoms with E-state index in [1.807, 2.05) is 45.2 Å². The van der Waals surface area contributed by atoms with Gasteiger partial charge in [0.1, 0.15) is 42.0 Å². The molecular weight excluding hydrogens is 1160 g/mol. The van der Waals surface area contributed by atoms with Gasteiger partial charge in [0.25, 0.3) is 0 Å². The highest BCUT2D eigenvalue weighted by atomic mass is 127. The second-order valence-electron chi connectivity index (χ2n) is 18.1. The summed E-state index contributed by atoms with van der Waals surface area (Å²) in [5, 5.41) is 56.8. The maximum absolute atomic E-state index is 13.7. The molecule has 9 amide bonds. The summed E-state index contributed by atoms with van der Waals surface area (Å²) in [6.45, 7) is 11.1. The number of aliphatic hydroxyl groups excluding tert-OH is 1. The van der Waals surface area contributed by atoms with Crippen molar-refractivity contribution in [1.82, 2.24) is 37.2 Å². The zero-order valence-electron chi connectivity index (χ0n) is 40.5. The second-order valence-corrected chi connectivity index (χ2v) is 20.4. The summed E-state index contributed by atoms with van der Waals surface area (Å²) in [6.07, 6.45) is -4.68. The lowest BCUT2D eigenvalue weighted by Gasteiger charge is -2.30. The maximum Gasteiger partial charge on any atom is 0.303 e. The van der Waals surface area contributed by atoms with Crippen LogP contribution in [0.3, 0.4) is 0 Å². The van der Waals surface area contributed by atoms with E-state index < -0.39 is 163 Å². The lowest BCUT2D eigenvalue weighted by atomic mass is 9.95. The van der Waals surface area contributed by atoms with Crippen molar-refractivity contribution in [2.75, 3.05) is 0 Å². The van der Waals surface area contributed by atoms with Crippen LogP contribution in [0.25, 0.3) is 0 Å². The summed E-state index contributed by atoms with van der Waals surface area (Å²) in [5.41, 5.74) is 17.3. The average Bonchev–Trinajstić information content (AvgIpc) is 3.25. The molecule has 0 unspecified atom stereocenters.